The molecule has 0 aliphatic heterocycles. The summed E-state index contributed by atoms with van der Waals surface area (Å²) in [5, 5.41) is 0.614. The van der Waals surface area contributed by atoms with E-state index in [1.165, 1.54) is 0 Å². The van der Waals surface area contributed by atoms with Crippen LogP contribution in [0.4, 0.5) is 0 Å². The molecule has 0 aliphatic rings. The molecule has 0 bridgehead atoms. The first-order valence-electron chi connectivity index (χ1n) is 7.87. The zero-order valence-electron chi connectivity index (χ0n) is 13.7. The molecule has 6 heteroatoms. The second-order valence-corrected chi connectivity index (χ2v) is 6.00. The lowest BCUT2D eigenvalue weighted by Gasteiger charge is -2.24. The second-order valence-electron chi connectivity index (χ2n) is 5.57. The maximum absolute atomic E-state index is 12.9. The van der Waals surface area contributed by atoms with Crippen molar-refractivity contribution in [3.05, 3.63) is 77.6 Å². The molecule has 1 unspecified atom stereocenters. The van der Waals surface area contributed by atoms with Gasteiger partial charge in [-0.15, -0.1) is 0 Å². The van der Waals surface area contributed by atoms with E-state index in [-0.39, 0.29) is 5.91 Å². The van der Waals surface area contributed by atoms with Crippen LogP contribution in [0.2, 0.25) is 5.02 Å². The molecule has 0 saturated carbocycles. The van der Waals surface area contributed by atoms with Gasteiger partial charge in [-0.2, -0.15) is 0 Å². The van der Waals surface area contributed by atoms with E-state index in [0.29, 0.717) is 35.4 Å². The number of ether oxygens (including phenoxy) is 1. The second kappa shape index (κ2) is 7.94. The van der Waals surface area contributed by atoms with Crippen molar-refractivity contribution in [3.8, 4) is 5.75 Å². The van der Waals surface area contributed by atoms with E-state index in [1.54, 1.807) is 60.7 Å². The Hall–Kier alpha value is -2.66. The first-order valence-corrected chi connectivity index (χ1v) is 8.25. The van der Waals surface area contributed by atoms with Crippen LogP contribution in [0.1, 0.15) is 18.4 Å². The van der Waals surface area contributed by atoms with E-state index in [1.807, 2.05) is 12.1 Å². The van der Waals surface area contributed by atoms with Crippen LogP contribution in [0.3, 0.4) is 0 Å². The summed E-state index contributed by atoms with van der Waals surface area (Å²) in [4.78, 5) is 14.5. The van der Waals surface area contributed by atoms with Crippen molar-refractivity contribution in [1.82, 2.24) is 4.90 Å². The van der Waals surface area contributed by atoms with Crippen molar-refractivity contribution in [1.29, 1.82) is 0 Å². The quantitative estimate of drug-likeness (QED) is 0.622. The highest BCUT2D eigenvalue weighted by Gasteiger charge is 2.24. The van der Waals surface area contributed by atoms with Crippen LogP contribution in [-0.2, 0) is 17.9 Å². The van der Waals surface area contributed by atoms with Crippen LogP contribution in [0, 0.1) is 0 Å². The van der Waals surface area contributed by atoms with Gasteiger partial charge >= 0.3 is 0 Å². The number of benzene rings is 1. The van der Waals surface area contributed by atoms with E-state index in [2.05, 4.69) is 0 Å². The third-order valence-corrected chi connectivity index (χ3v) is 3.89. The Balaban J connectivity index is 1.71. The monoisotopic (exact) mass is 359 g/mol. The Bertz CT molecular complexity index is 745. The van der Waals surface area contributed by atoms with Gasteiger partial charge in [0.05, 0.1) is 25.6 Å². The summed E-state index contributed by atoms with van der Waals surface area (Å²) in [5.74, 6) is 1.81. The van der Waals surface area contributed by atoms with Gasteiger partial charge in [-0.05, 0) is 55.5 Å². The number of carbonyl (C=O) groups excluding carboxylic acids is 1. The third kappa shape index (κ3) is 4.67. The lowest BCUT2D eigenvalue weighted by atomic mass is 10.2. The molecule has 0 spiro atoms. The van der Waals surface area contributed by atoms with Gasteiger partial charge in [-0.25, -0.2) is 0 Å². The van der Waals surface area contributed by atoms with Gasteiger partial charge in [-0.1, -0.05) is 11.6 Å². The van der Waals surface area contributed by atoms with Crippen molar-refractivity contribution >= 4 is 17.5 Å². The van der Waals surface area contributed by atoms with E-state index < -0.39 is 6.10 Å². The molecular weight excluding hydrogens is 342 g/mol. The van der Waals surface area contributed by atoms with Crippen LogP contribution >= 0.6 is 11.6 Å². The van der Waals surface area contributed by atoms with Crippen molar-refractivity contribution in [2.75, 3.05) is 0 Å². The summed E-state index contributed by atoms with van der Waals surface area (Å²) in [6, 6.07) is 14.1. The number of nitrogens with zero attached hydrogens (tertiary/aromatic N) is 1. The molecule has 3 rings (SSSR count). The molecule has 5 nitrogen and oxygen atoms in total. The molecule has 0 aliphatic carbocycles. The predicted molar refractivity (Wildman–Crippen MR) is 93.2 cm³/mol. The molecule has 0 N–H and O–H groups in total. The average Bonchev–Trinajstić information content (AvgIpc) is 3.29. The van der Waals surface area contributed by atoms with Gasteiger partial charge in [0.15, 0.2) is 6.10 Å². The number of furan rings is 2. The number of hydrogen-bond acceptors (Lipinski definition) is 4. The van der Waals surface area contributed by atoms with Crippen molar-refractivity contribution in [2.45, 2.75) is 26.1 Å². The van der Waals surface area contributed by atoms with Gasteiger partial charge in [-0.3, -0.25) is 4.79 Å². The summed E-state index contributed by atoms with van der Waals surface area (Å²) < 4.78 is 16.5. The van der Waals surface area contributed by atoms with Crippen LogP contribution < -0.4 is 4.74 Å². The van der Waals surface area contributed by atoms with Crippen LogP contribution in [0.5, 0.6) is 5.75 Å². The molecule has 25 heavy (non-hydrogen) atoms. The Morgan fingerprint density at radius 2 is 1.60 bits per heavy atom. The standard InChI is InChI=1S/C19H18ClNO4/c1-14(25-16-8-6-15(20)7-9-16)19(22)21(12-17-4-2-10-23-17)13-18-5-3-11-24-18/h2-11,14H,12-13H2,1H3. The molecule has 0 fully saturated rings. The molecule has 3 aromatic rings. The fourth-order valence-electron chi connectivity index (χ4n) is 2.42. The fourth-order valence-corrected chi connectivity index (χ4v) is 2.54. The molecule has 1 aromatic carbocycles. The van der Waals surface area contributed by atoms with Gasteiger partial charge in [0.25, 0.3) is 5.91 Å². The predicted octanol–water partition coefficient (Wildman–Crippen LogP) is 4.52. The lowest BCUT2D eigenvalue weighted by Crippen LogP contribution is -2.39. The van der Waals surface area contributed by atoms with Crippen LogP contribution in [0.25, 0.3) is 0 Å². The smallest absolute Gasteiger partial charge is 0.264 e. The van der Waals surface area contributed by atoms with E-state index in [0.717, 1.165) is 0 Å². The Morgan fingerprint density at radius 3 is 2.08 bits per heavy atom. The molecular formula is C19H18ClNO4. The molecule has 0 saturated heterocycles. The minimum absolute atomic E-state index is 0.164. The van der Waals surface area contributed by atoms with E-state index in [9.17, 15) is 4.79 Å². The van der Waals surface area contributed by atoms with Gasteiger partial charge in [0, 0.05) is 5.02 Å². The van der Waals surface area contributed by atoms with Gasteiger partial charge in [0.1, 0.15) is 17.3 Å². The molecule has 1 atom stereocenters. The fraction of sp³-hybridized carbons (Fsp3) is 0.211. The molecule has 1 amide bonds. The Labute approximate surface area is 150 Å². The van der Waals surface area contributed by atoms with Crippen LogP contribution in [0.15, 0.2) is 69.9 Å². The zero-order chi connectivity index (χ0) is 17.6. The van der Waals surface area contributed by atoms with Gasteiger partial charge in [0.2, 0.25) is 0 Å². The maximum Gasteiger partial charge on any atom is 0.264 e. The van der Waals surface area contributed by atoms with Crippen LogP contribution in [-0.4, -0.2) is 16.9 Å². The third-order valence-electron chi connectivity index (χ3n) is 3.64. The normalized spacial score (nSPS) is 11.9. The summed E-state index contributed by atoms with van der Waals surface area (Å²) in [7, 11) is 0. The highest BCUT2D eigenvalue weighted by Crippen LogP contribution is 2.19. The maximum atomic E-state index is 12.9. The summed E-state index contributed by atoms with van der Waals surface area (Å²) >= 11 is 5.87. The Morgan fingerprint density at radius 1 is 1.04 bits per heavy atom. The number of amides is 1. The SMILES string of the molecule is CC(Oc1ccc(Cl)cc1)C(=O)N(Cc1ccco1)Cc1ccco1. The topological polar surface area (TPSA) is 55.8 Å². The lowest BCUT2D eigenvalue weighted by molar-refractivity contribution is -0.139. The number of carbonyl (C=O) groups is 1. The van der Waals surface area contributed by atoms with Crippen molar-refractivity contribution < 1.29 is 18.4 Å². The minimum atomic E-state index is -0.661. The van der Waals surface area contributed by atoms with Crippen molar-refractivity contribution in [3.63, 3.8) is 0 Å². The first kappa shape index (κ1) is 17.2. The molecule has 2 heterocycles. The highest BCUT2D eigenvalue weighted by molar-refractivity contribution is 6.30. The van der Waals surface area contributed by atoms with E-state index in [4.69, 9.17) is 25.2 Å². The number of hydrogen-bond donors (Lipinski definition) is 0. The highest BCUT2D eigenvalue weighted by atomic mass is 35.5. The molecule has 0 radical (unpaired) electrons. The van der Waals surface area contributed by atoms with E-state index >= 15 is 0 Å². The van der Waals surface area contributed by atoms with Crippen molar-refractivity contribution in [2.24, 2.45) is 0 Å². The van der Waals surface area contributed by atoms with Gasteiger partial charge < -0.3 is 18.5 Å². The average molecular weight is 360 g/mol. The molecule has 130 valence electrons. The first-order chi connectivity index (χ1) is 12.1. The number of rotatable bonds is 7. The minimum Gasteiger partial charge on any atom is -0.481 e. The summed E-state index contributed by atoms with van der Waals surface area (Å²) in [5.41, 5.74) is 0. The molecule has 2 aromatic heterocycles. The Kier molecular flexibility index (Phi) is 5.46. The largest absolute Gasteiger partial charge is 0.481 e. The summed E-state index contributed by atoms with van der Waals surface area (Å²) in [6.07, 6.45) is 2.50. The number of halogens is 1. The summed E-state index contributed by atoms with van der Waals surface area (Å²) in [6.45, 7) is 2.38. The zero-order valence-corrected chi connectivity index (χ0v) is 14.5.